The molecule has 1 amide bonds. The standard InChI is InChI=1S/C25H21BrF6N2O/c1-14-7-5-6-8-18(14)19-12-21(26)33-13-20(19)34(4)22(35)23(2,3)15-9-16(24(27,28)29)11-17(10-15)25(30,31)32/h5-13H,1-4H3. The summed E-state index contributed by atoms with van der Waals surface area (Å²) >= 11 is 3.31. The number of carbonyl (C=O) groups excluding carboxylic acids is 1. The molecule has 0 unspecified atom stereocenters. The van der Waals surface area contributed by atoms with Crippen molar-refractivity contribution in [3.8, 4) is 11.1 Å². The van der Waals surface area contributed by atoms with E-state index in [4.69, 9.17) is 0 Å². The molecule has 10 heteroatoms. The lowest BCUT2D eigenvalue weighted by molar-refractivity contribution is -0.143. The first-order valence-electron chi connectivity index (χ1n) is 10.3. The molecule has 3 rings (SSSR count). The Balaban J connectivity index is 2.13. The van der Waals surface area contributed by atoms with E-state index < -0.39 is 40.4 Å². The van der Waals surface area contributed by atoms with E-state index in [2.05, 4.69) is 20.9 Å². The molecule has 0 fully saturated rings. The smallest absolute Gasteiger partial charge is 0.313 e. The molecule has 0 aliphatic heterocycles. The lowest BCUT2D eigenvalue weighted by Gasteiger charge is -2.32. The van der Waals surface area contributed by atoms with E-state index in [-0.39, 0.29) is 6.07 Å². The van der Waals surface area contributed by atoms with Crippen LogP contribution >= 0.6 is 15.9 Å². The molecular formula is C25H21BrF6N2O. The first kappa shape index (κ1) is 26.7. The van der Waals surface area contributed by atoms with Crippen LogP contribution < -0.4 is 4.90 Å². The van der Waals surface area contributed by atoms with Crippen LogP contribution in [0, 0.1) is 6.92 Å². The minimum Gasteiger partial charge on any atom is -0.313 e. The van der Waals surface area contributed by atoms with Gasteiger partial charge in [0.15, 0.2) is 0 Å². The van der Waals surface area contributed by atoms with Gasteiger partial charge in [-0.2, -0.15) is 26.3 Å². The normalized spacial score (nSPS) is 12.5. The lowest BCUT2D eigenvalue weighted by Crippen LogP contribution is -2.42. The van der Waals surface area contributed by atoms with Gasteiger partial charge in [-0.3, -0.25) is 4.79 Å². The Morgan fingerprint density at radius 1 is 0.857 bits per heavy atom. The molecule has 1 heterocycles. The summed E-state index contributed by atoms with van der Waals surface area (Å²) < 4.78 is 80.8. The second-order valence-corrected chi connectivity index (χ2v) is 9.44. The van der Waals surface area contributed by atoms with Gasteiger partial charge in [0.25, 0.3) is 0 Å². The third kappa shape index (κ3) is 5.52. The number of aromatic nitrogens is 1. The Labute approximate surface area is 206 Å². The van der Waals surface area contributed by atoms with Gasteiger partial charge in [0.2, 0.25) is 5.91 Å². The molecular weight excluding hydrogens is 538 g/mol. The van der Waals surface area contributed by atoms with Crippen molar-refractivity contribution in [2.45, 2.75) is 38.5 Å². The predicted molar refractivity (Wildman–Crippen MR) is 125 cm³/mol. The van der Waals surface area contributed by atoms with E-state index >= 15 is 0 Å². The summed E-state index contributed by atoms with van der Waals surface area (Å²) in [5.41, 5.74) is -2.42. The highest BCUT2D eigenvalue weighted by molar-refractivity contribution is 9.10. The van der Waals surface area contributed by atoms with Crippen molar-refractivity contribution < 1.29 is 31.1 Å². The maximum Gasteiger partial charge on any atom is 0.416 e. The third-order valence-electron chi connectivity index (χ3n) is 5.79. The largest absolute Gasteiger partial charge is 0.416 e. The molecule has 2 aromatic carbocycles. The maximum absolute atomic E-state index is 13.6. The summed E-state index contributed by atoms with van der Waals surface area (Å²) in [5.74, 6) is -0.705. The highest BCUT2D eigenvalue weighted by Crippen LogP contribution is 2.41. The molecule has 0 saturated carbocycles. The van der Waals surface area contributed by atoms with Crippen molar-refractivity contribution in [2.24, 2.45) is 0 Å². The van der Waals surface area contributed by atoms with Gasteiger partial charge >= 0.3 is 12.4 Å². The van der Waals surface area contributed by atoms with Gasteiger partial charge in [-0.15, -0.1) is 0 Å². The molecule has 35 heavy (non-hydrogen) atoms. The fraction of sp³-hybridized carbons (Fsp3) is 0.280. The molecule has 0 bridgehead atoms. The van der Waals surface area contributed by atoms with E-state index in [9.17, 15) is 31.1 Å². The number of hydrogen-bond acceptors (Lipinski definition) is 2. The number of anilines is 1. The Morgan fingerprint density at radius 3 is 1.89 bits per heavy atom. The summed E-state index contributed by atoms with van der Waals surface area (Å²) in [6.45, 7) is 4.46. The van der Waals surface area contributed by atoms with Crippen LogP contribution in [-0.2, 0) is 22.6 Å². The van der Waals surface area contributed by atoms with E-state index in [1.807, 2.05) is 31.2 Å². The Bertz CT molecular complexity index is 1240. The zero-order valence-corrected chi connectivity index (χ0v) is 20.7. The molecule has 0 aliphatic carbocycles. The van der Waals surface area contributed by atoms with Gasteiger partial charge in [-0.1, -0.05) is 24.3 Å². The van der Waals surface area contributed by atoms with Gasteiger partial charge in [-0.25, -0.2) is 4.98 Å². The van der Waals surface area contributed by atoms with Gasteiger partial charge < -0.3 is 4.90 Å². The van der Waals surface area contributed by atoms with E-state index in [0.29, 0.717) is 28.0 Å². The van der Waals surface area contributed by atoms with Crippen molar-refractivity contribution in [1.29, 1.82) is 0 Å². The molecule has 186 valence electrons. The number of pyridine rings is 1. The van der Waals surface area contributed by atoms with Crippen LogP contribution in [0.4, 0.5) is 32.0 Å². The first-order chi connectivity index (χ1) is 16.0. The van der Waals surface area contributed by atoms with Gasteiger partial charge in [0, 0.05) is 12.6 Å². The van der Waals surface area contributed by atoms with Crippen molar-refractivity contribution in [3.05, 3.63) is 81.6 Å². The van der Waals surface area contributed by atoms with Gasteiger partial charge in [0.1, 0.15) is 4.60 Å². The number of nitrogens with zero attached hydrogens (tertiary/aromatic N) is 2. The quantitative estimate of drug-likeness (QED) is 0.242. The lowest BCUT2D eigenvalue weighted by atomic mass is 9.81. The Morgan fingerprint density at radius 2 is 1.37 bits per heavy atom. The second-order valence-electron chi connectivity index (χ2n) is 8.62. The molecule has 0 radical (unpaired) electrons. The van der Waals surface area contributed by atoms with Crippen LogP contribution in [0.3, 0.4) is 0 Å². The van der Waals surface area contributed by atoms with E-state index in [1.54, 1.807) is 6.07 Å². The highest BCUT2D eigenvalue weighted by atomic mass is 79.9. The summed E-state index contributed by atoms with van der Waals surface area (Å²) in [4.78, 5) is 18.9. The summed E-state index contributed by atoms with van der Waals surface area (Å²) in [5, 5.41) is 0. The highest BCUT2D eigenvalue weighted by Gasteiger charge is 2.41. The van der Waals surface area contributed by atoms with Crippen LogP contribution in [-0.4, -0.2) is 17.9 Å². The van der Waals surface area contributed by atoms with Crippen molar-refractivity contribution in [1.82, 2.24) is 4.98 Å². The minimum atomic E-state index is -5.02. The van der Waals surface area contributed by atoms with Crippen molar-refractivity contribution >= 4 is 27.5 Å². The number of amides is 1. The zero-order chi connectivity index (χ0) is 26.3. The first-order valence-corrected chi connectivity index (χ1v) is 11.1. The number of benzene rings is 2. The number of halogens is 7. The summed E-state index contributed by atoms with van der Waals surface area (Å²) in [6, 6.07) is 10.3. The Kier molecular flexibility index (Phi) is 7.09. The molecule has 0 spiro atoms. The maximum atomic E-state index is 13.6. The van der Waals surface area contributed by atoms with Crippen LogP contribution in [0.15, 0.2) is 59.3 Å². The predicted octanol–water partition coefficient (Wildman–Crippen LogP) is 7.80. The number of likely N-dealkylation sites (N-methyl/N-ethyl adjacent to an activating group) is 1. The van der Waals surface area contributed by atoms with Crippen LogP contribution in [0.1, 0.15) is 36.1 Å². The van der Waals surface area contributed by atoms with Crippen molar-refractivity contribution in [3.63, 3.8) is 0 Å². The number of aryl methyl sites for hydroxylation is 1. The Hall–Kier alpha value is -2.88. The molecule has 0 saturated heterocycles. The van der Waals surface area contributed by atoms with Crippen LogP contribution in [0.5, 0.6) is 0 Å². The topological polar surface area (TPSA) is 33.2 Å². The minimum absolute atomic E-state index is 0.0443. The van der Waals surface area contributed by atoms with Crippen molar-refractivity contribution in [2.75, 3.05) is 11.9 Å². The SMILES string of the molecule is Cc1ccccc1-c1cc(Br)ncc1N(C)C(=O)C(C)(C)c1cc(C(F)(F)F)cc(C(F)(F)F)c1. The number of rotatable bonds is 4. The molecule has 0 N–H and O–H groups in total. The second kappa shape index (κ2) is 9.29. The van der Waals surface area contributed by atoms with E-state index in [0.717, 1.165) is 11.1 Å². The number of carbonyl (C=O) groups is 1. The molecule has 0 atom stereocenters. The van der Waals surface area contributed by atoms with Gasteiger partial charge in [-0.05, 0) is 77.7 Å². The van der Waals surface area contributed by atoms with Gasteiger partial charge in [0.05, 0.1) is 28.4 Å². The number of alkyl halides is 6. The molecule has 3 nitrogen and oxygen atoms in total. The number of hydrogen-bond donors (Lipinski definition) is 0. The fourth-order valence-corrected chi connectivity index (χ4v) is 4.08. The monoisotopic (exact) mass is 558 g/mol. The van der Waals surface area contributed by atoms with Crippen LogP contribution in [0.25, 0.3) is 11.1 Å². The van der Waals surface area contributed by atoms with Crippen LogP contribution in [0.2, 0.25) is 0 Å². The third-order valence-corrected chi connectivity index (χ3v) is 6.23. The molecule has 1 aromatic heterocycles. The molecule has 0 aliphatic rings. The zero-order valence-electron chi connectivity index (χ0n) is 19.1. The molecule has 3 aromatic rings. The average molecular weight is 559 g/mol. The average Bonchev–Trinajstić information content (AvgIpc) is 2.77. The van der Waals surface area contributed by atoms with E-state index in [1.165, 1.54) is 32.0 Å². The summed E-state index contributed by atoms with van der Waals surface area (Å²) in [6.07, 6.45) is -8.61. The summed E-state index contributed by atoms with van der Waals surface area (Å²) in [7, 11) is 1.41. The fourth-order valence-electron chi connectivity index (χ4n) is 3.75.